The number of aliphatic hydroxyl groups excluding tert-OH is 1. The average molecular weight is 191 g/mol. The summed E-state index contributed by atoms with van der Waals surface area (Å²) in [4.78, 5) is 2.36. The van der Waals surface area contributed by atoms with Crippen molar-refractivity contribution in [2.75, 3.05) is 6.61 Å². The number of rotatable bonds is 4. The van der Waals surface area contributed by atoms with Crippen molar-refractivity contribution in [3.8, 4) is 0 Å². The number of hydrogen-bond acceptors (Lipinski definition) is 2. The third kappa shape index (κ3) is 1.81. The van der Waals surface area contributed by atoms with Crippen molar-refractivity contribution in [2.24, 2.45) is 0 Å². The van der Waals surface area contributed by atoms with E-state index in [4.69, 9.17) is 5.11 Å². The van der Waals surface area contributed by atoms with E-state index in [1.54, 1.807) is 0 Å². The molecule has 76 valence electrons. The minimum atomic E-state index is 0.297. The lowest BCUT2D eigenvalue weighted by Crippen LogP contribution is -2.04. The molecule has 1 N–H and O–H groups in total. The van der Waals surface area contributed by atoms with Crippen molar-refractivity contribution in [3.63, 3.8) is 0 Å². The van der Waals surface area contributed by atoms with Crippen LogP contribution in [0.5, 0.6) is 0 Å². The first-order valence-electron chi connectivity index (χ1n) is 5.27. The van der Waals surface area contributed by atoms with Gasteiger partial charge in [-0.2, -0.15) is 0 Å². The summed E-state index contributed by atoms with van der Waals surface area (Å²) >= 11 is 0. The molecule has 2 rings (SSSR count). The Labute approximate surface area is 85.2 Å². The summed E-state index contributed by atoms with van der Waals surface area (Å²) in [5.41, 5.74) is 1.34. The summed E-state index contributed by atoms with van der Waals surface area (Å²) in [6, 6.07) is 11.4. The van der Waals surface area contributed by atoms with Crippen LogP contribution in [0.4, 0.5) is 0 Å². The molecule has 0 aromatic heterocycles. The fourth-order valence-corrected chi connectivity index (χ4v) is 2.15. The first-order chi connectivity index (χ1) is 6.86. The molecule has 1 heterocycles. The molecule has 1 saturated heterocycles. The maximum atomic E-state index is 9.11. The molecule has 0 bridgehead atoms. The van der Waals surface area contributed by atoms with E-state index in [9.17, 15) is 0 Å². The minimum absolute atomic E-state index is 0.297. The highest BCUT2D eigenvalue weighted by Gasteiger charge is 2.44. The van der Waals surface area contributed by atoms with Gasteiger partial charge in [0, 0.05) is 18.6 Å². The van der Waals surface area contributed by atoms with Gasteiger partial charge in [-0.3, -0.25) is 4.90 Å². The van der Waals surface area contributed by atoms with E-state index < -0.39 is 0 Å². The van der Waals surface area contributed by atoms with Crippen LogP contribution in [0.2, 0.25) is 0 Å². The molecule has 1 fully saturated rings. The second-order valence-electron chi connectivity index (χ2n) is 3.88. The Morgan fingerprint density at radius 3 is 2.43 bits per heavy atom. The van der Waals surface area contributed by atoms with Crippen LogP contribution >= 0.6 is 0 Å². The summed E-state index contributed by atoms with van der Waals surface area (Å²) in [5.74, 6) is 0. The highest BCUT2D eigenvalue weighted by Crippen LogP contribution is 2.32. The molecule has 0 amide bonds. The van der Waals surface area contributed by atoms with Crippen molar-refractivity contribution in [1.29, 1.82) is 0 Å². The molecule has 1 aliphatic heterocycles. The largest absolute Gasteiger partial charge is 0.395 e. The SMILES string of the molecule is CC[C@@H]1[C@H](CO)N1Cc1ccccc1. The van der Waals surface area contributed by atoms with Gasteiger partial charge in [-0.1, -0.05) is 37.3 Å². The molecular formula is C12H17NO. The van der Waals surface area contributed by atoms with Crippen molar-refractivity contribution >= 4 is 0 Å². The minimum Gasteiger partial charge on any atom is -0.395 e. The summed E-state index contributed by atoms with van der Waals surface area (Å²) in [5, 5.41) is 9.11. The molecule has 1 aromatic carbocycles. The molecule has 1 aliphatic rings. The normalized spacial score (nSPS) is 30.3. The van der Waals surface area contributed by atoms with E-state index in [0.717, 1.165) is 13.0 Å². The number of nitrogens with zero attached hydrogens (tertiary/aromatic N) is 1. The smallest absolute Gasteiger partial charge is 0.0602 e. The van der Waals surface area contributed by atoms with Crippen LogP contribution < -0.4 is 0 Å². The van der Waals surface area contributed by atoms with Crippen molar-refractivity contribution in [3.05, 3.63) is 35.9 Å². The Kier molecular flexibility index (Phi) is 2.85. The molecule has 1 aromatic rings. The molecule has 1 unspecified atom stereocenters. The van der Waals surface area contributed by atoms with Crippen molar-refractivity contribution in [1.82, 2.24) is 4.90 Å². The lowest BCUT2D eigenvalue weighted by atomic mass is 10.2. The number of hydrogen-bond donors (Lipinski definition) is 1. The Morgan fingerprint density at radius 2 is 1.93 bits per heavy atom. The van der Waals surface area contributed by atoms with E-state index in [1.165, 1.54) is 5.56 Å². The quantitative estimate of drug-likeness (QED) is 0.731. The van der Waals surface area contributed by atoms with Crippen LogP contribution in [0.25, 0.3) is 0 Å². The summed E-state index contributed by atoms with van der Waals surface area (Å²) in [6.07, 6.45) is 1.14. The first kappa shape index (κ1) is 9.69. The molecule has 0 saturated carbocycles. The molecule has 2 heteroatoms. The van der Waals surface area contributed by atoms with E-state index in [-0.39, 0.29) is 0 Å². The molecule has 2 nitrogen and oxygen atoms in total. The lowest BCUT2D eigenvalue weighted by Gasteiger charge is -2.02. The average Bonchev–Trinajstić information content (AvgIpc) is 2.91. The molecule has 0 spiro atoms. The molecule has 3 atom stereocenters. The zero-order valence-corrected chi connectivity index (χ0v) is 8.56. The molecular weight excluding hydrogens is 174 g/mol. The fraction of sp³-hybridized carbons (Fsp3) is 0.500. The highest BCUT2D eigenvalue weighted by molar-refractivity contribution is 5.17. The first-order valence-corrected chi connectivity index (χ1v) is 5.27. The monoisotopic (exact) mass is 191 g/mol. The van der Waals surface area contributed by atoms with E-state index in [0.29, 0.717) is 18.7 Å². The van der Waals surface area contributed by atoms with E-state index >= 15 is 0 Å². The van der Waals surface area contributed by atoms with Gasteiger partial charge in [0.1, 0.15) is 0 Å². The number of benzene rings is 1. The molecule has 0 radical (unpaired) electrons. The zero-order chi connectivity index (χ0) is 9.97. The van der Waals surface area contributed by atoms with Gasteiger partial charge >= 0.3 is 0 Å². The van der Waals surface area contributed by atoms with Crippen LogP contribution in [-0.2, 0) is 6.54 Å². The maximum absolute atomic E-state index is 9.11. The maximum Gasteiger partial charge on any atom is 0.0602 e. The van der Waals surface area contributed by atoms with Gasteiger partial charge in [-0.05, 0) is 12.0 Å². The lowest BCUT2D eigenvalue weighted by molar-refractivity contribution is 0.272. The molecule has 14 heavy (non-hydrogen) atoms. The third-order valence-electron chi connectivity index (χ3n) is 3.02. The second kappa shape index (κ2) is 4.11. The predicted octanol–water partition coefficient (Wildman–Crippen LogP) is 1.64. The Hall–Kier alpha value is -0.860. The van der Waals surface area contributed by atoms with Crippen LogP contribution in [0.15, 0.2) is 30.3 Å². The zero-order valence-electron chi connectivity index (χ0n) is 8.56. The van der Waals surface area contributed by atoms with Gasteiger partial charge in [-0.25, -0.2) is 0 Å². The fourth-order valence-electron chi connectivity index (χ4n) is 2.15. The standard InChI is InChI=1S/C12H17NO/c1-2-11-12(9-14)13(11)8-10-6-4-3-5-7-10/h3-7,11-12,14H,2,8-9H2,1H3/t11-,12+,13?/m1/s1. The van der Waals surface area contributed by atoms with E-state index in [2.05, 4.69) is 36.1 Å². The summed E-state index contributed by atoms with van der Waals surface area (Å²) in [7, 11) is 0. The van der Waals surface area contributed by atoms with Crippen molar-refractivity contribution < 1.29 is 5.11 Å². The highest BCUT2D eigenvalue weighted by atomic mass is 16.3. The third-order valence-corrected chi connectivity index (χ3v) is 3.02. The number of aliphatic hydroxyl groups is 1. The Morgan fingerprint density at radius 1 is 1.21 bits per heavy atom. The van der Waals surface area contributed by atoms with E-state index in [1.807, 2.05) is 6.07 Å². The van der Waals surface area contributed by atoms with Gasteiger partial charge in [-0.15, -0.1) is 0 Å². The van der Waals surface area contributed by atoms with Crippen LogP contribution in [-0.4, -0.2) is 28.7 Å². The van der Waals surface area contributed by atoms with Crippen LogP contribution in [0.1, 0.15) is 18.9 Å². The second-order valence-corrected chi connectivity index (χ2v) is 3.88. The van der Waals surface area contributed by atoms with Gasteiger partial charge in [0.15, 0.2) is 0 Å². The summed E-state index contributed by atoms with van der Waals surface area (Å²) < 4.78 is 0. The van der Waals surface area contributed by atoms with Gasteiger partial charge < -0.3 is 5.11 Å². The van der Waals surface area contributed by atoms with Gasteiger partial charge in [0.25, 0.3) is 0 Å². The summed E-state index contributed by atoms with van der Waals surface area (Å²) in [6.45, 7) is 3.45. The van der Waals surface area contributed by atoms with Crippen molar-refractivity contribution in [2.45, 2.75) is 32.0 Å². The Bertz CT molecular complexity index is 276. The van der Waals surface area contributed by atoms with Gasteiger partial charge in [0.2, 0.25) is 0 Å². The van der Waals surface area contributed by atoms with Crippen LogP contribution in [0, 0.1) is 0 Å². The Balaban J connectivity index is 1.94. The topological polar surface area (TPSA) is 23.2 Å². The van der Waals surface area contributed by atoms with Crippen LogP contribution in [0.3, 0.4) is 0 Å². The predicted molar refractivity (Wildman–Crippen MR) is 56.9 cm³/mol. The molecule has 0 aliphatic carbocycles. The van der Waals surface area contributed by atoms with Gasteiger partial charge in [0.05, 0.1) is 6.61 Å².